The van der Waals surface area contributed by atoms with Crippen LogP contribution in [0.4, 0.5) is 0 Å². The summed E-state index contributed by atoms with van der Waals surface area (Å²) in [5.74, 6) is -0.180. The standard InChI is InChI=1S/C19H29N3O4/c1-14-11-15(2)20(3)18(23)17(14)19(24)22-5-4-8-26-16(13-22)12-21-6-9-25-10-7-21/h11,16H,4-10,12-13H2,1-3H3/t16-/m0/s1. The van der Waals surface area contributed by atoms with E-state index in [0.717, 1.165) is 50.5 Å². The molecule has 0 aromatic carbocycles. The average Bonchev–Trinajstić information content (AvgIpc) is 2.86. The minimum absolute atomic E-state index is 0.0332. The van der Waals surface area contributed by atoms with Gasteiger partial charge in [-0.2, -0.15) is 0 Å². The zero-order chi connectivity index (χ0) is 18.7. The van der Waals surface area contributed by atoms with E-state index < -0.39 is 0 Å². The summed E-state index contributed by atoms with van der Waals surface area (Å²) < 4.78 is 12.9. The maximum Gasteiger partial charge on any atom is 0.263 e. The van der Waals surface area contributed by atoms with Crippen LogP contribution in [0.1, 0.15) is 28.0 Å². The Balaban J connectivity index is 1.76. The van der Waals surface area contributed by atoms with Gasteiger partial charge in [0, 0.05) is 52.1 Å². The lowest BCUT2D eigenvalue weighted by Gasteiger charge is -2.31. The first-order chi connectivity index (χ1) is 12.5. The second-order valence-electron chi connectivity index (χ2n) is 7.22. The topological polar surface area (TPSA) is 64.0 Å². The number of carbonyl (C=O) groups is 1. The third-order valence-corrected chi connectivity index (χ3v) is 5.28. The maximum absolute atomic E-state index is 13.1. The molecule has 0 N–H and O–H groups in total. The minimum atomic E-state index is -0.220. The van der Waals surface area contributed by atoms with E-state index in [1.165, 1.54) is 0 Å². The molecule has 3 heterocycles. The molecule has 1 amide bonds. The fourth-order valence-electron chi connectivity index (χ4n) is 3.66. The van der Waals surface area contributed by atoms with Gasteiger partial charge < -0.3 is 18.9 Å². The van der Waals surface area contributed by atoms with Crippen molar-refractivity contribution >= 4 is 5.91 Å². The predicted octanol–water partition coefficient (Wildman–Crippen LogP) is 0.565. The van der Waals surface area contributed by atoms with Crippen molar-refractivity contribution in [2.24, 2.45) is 7.05 Å². The Morgan fingerprint density at radius 1 is 1.19 bits per heavy atom. The smallest absolute Gasteiger partial charge is 0.263 e. The average molecular weight is 363 g/mol. The molecule has 2 saturated heterocycles. The zero-order valence-corrected chi connectivity index (χ0v) is 16.0. The molecule has 2 fully saturated rings. The van der Waals surface area contributed by atoms with Crippen molar-refractivity contribution in [3.8, 4) is 0 Å². The van der Waals surface area contributed by atoms with Crippen LogP contribution in [-0.2, 0) is 16.5 Å². The van der Waals surface area contributed by atoms with Crippen LogP contribution in [0.15, 0.2) is 10.9 Å². The van der Waals surface area contributed by atoms with E-state index in [-0.39, 0.29) is 23.1 Å². The van der Waals surface area contributed by atoms with Crippen LogP contribution >= 0.6 is 0 Å². The quantitative estimate of drug-likeness (QED) is 0.785. The molecule has 1 aromatic rings. The van der Waals surface area contributed by atoms with Crippen LogP contribution in [0.5, 0.6) is 0 Å². The van der Waals surface area contributed by atoms with Crippen molar-refractivity contribution in [1.82, 2.24) is 14.4 Å². The first kappa shape index (κ1) is 19.1. The monoisotopic (exact) mass is 363 g/mol. The molecule has 2 aliphatic rings. The first-order valence-corrected chi connectivity index (χ1v) is 9.35. The molecule has 26 heavy (non-hydrogen) atoms. The fourth-order valence-corrected chi connectivity index (χ4v) is 3.66. The number of nitrogens with zero attached hydrogens (tertiary/aromatic N) is 3. The van der Waals surface area contributed by atoms with E-state index in [9.17, 15) is 9.59 Å². The van der Waals surface area contributed by atoms with E-state index >= 15 is 0 Å². The second-order valence-corrected chi connectivity index (χ2v) is 7.22. The van der Waals surface area contributed by atoms with Gasteiger partial charge in [-0.15, -0.1) is 0 Å². The van der Waals surface area contributed by atoms with Gasteiger partial charge >= 0.3 is 0 Å². The van der Waals surface area contributed by atoms with Crippen molar-refractivity contribution < 1.29 is 14.3 Å². The molecule has 3 rings (SSSR count). The molecule has 0 saturated carbocycles. The first-order valence-electron chi connectivity index (χ1n) is 9.35. The Hall–Kier alpha value is -1.70. The molecule has 7 nitrogen and oxygen atoms in total. The van der Waals surface area contributed by atoms with Crippen molar-refractivity contribution in [2.45, 2.75) is 26.4 Å². The van der Waals surface area contributed by atoms with E-state index in [2.05, 4.69) is 4.90 Å². The number of morpholine rings is 1. The molecule has 1 atom stereocenters. The van der Waals surface area contributed by atoms with Gasteiger partial charge in [-0.25, -0.2) is 0 Å². The van der Waals surface area contributed by atoms with Gasteiger partial charge in [0.25, 0.3) is 11.5 Å². The highest BCUT2D eigenvalue weighted by atomic mass is 16.5. The summed E-state index contributed by atoms with van der Waals surface area (Å²) in [6.45, 7) is 9.56. The van der Waals surface area contributed by atoms with Crippen LogP contribution in [0, 0.1) is 13.8 Å². The van der Waals surface area contributed by atoms with Crippen molar-refractivity contribution in [1.29, 1.82) is 0 Å². The molecule has 0 unspecified atom stereocenters. The Morgan fingerprint density at radius 3 is 2.65 bits per heavy atom. The second kappa shape index (κ2) is 8.33. The lowest BCUT2D eigenvalue weighted by atomic mass is 10.1. The number of aromatic nitrogens is 1. The van der Waals surface area contributed by atoms with E-state index in [4.69, 9.17) is 9.47 Å². The van der Waals surface area contributed by atoms with Gasteiger partial charge in [0.1, 0.15) is 5.56 Å². The van der Waals surface area contributed by atoms with Gasteiger partial charge in [0.2, 0.25) is 0 Å². The summed E-state index contributed by atoms with van der Waals surface area (Å²) in [6, 6.07) is 1.90. The van der Waals surface area contributed by atoms with Gasteiger partial charge in [-0.3, -0.25) is 14.5 Å². The normalized spacial score (nSPS) is 22.3. The number of ether oxygens (including phenoxy) is 2. The number of pyridine rings is 1. The van der Waals surface area contributed by atoms with Gasteiger partial charge in [0.15, 0.2) is 0 Å². The summed E-state index contributed by atoms with van der Waals surface area (Å²) >= 11 is 0. The molecule has 0 bridgehead atoms. The molecule has 0 aliphatic carbocycles. The third kappa shape index (κ3) is 4.16. The van der Waals surface area contributed by atoms with Crippen LogP contribution in [0.2, 0.25) is 0 Å². The van der Waals surface area contributed by atoms with Crippen LogP contribution in [0.3, 0.4) is 0 Å². The largest absolute Gasteiger partial charge is 0.379 e. The van der Waals surface area contributed by atoms with Crippen molar-refractivity contribution in [3.05, 3.63) is 33.2 Å². The molecule has 1 aromatic heterocycles. The Labute approximate surface area is 154 Å². The lowest BCUT2D eigenvalue weighted by Crippen LogP contribution is -2.46. The predicted molar refractivity (Wildman–Crippen MR) is 98.7 cm³/mol. The summed E-state index contributed by atoms with van der Waals surface area (Å²) in [5, 5.41) is 0. The lowest BCUT2D eigenvalue weighted by molar-refractivity contribution is -0.0112. The molecular formula is C19H29N3O4. The number of rotatable bonds is 3. The maximum atomic E-state index is 13.1. The highest BCUT2D eigenvalue weighted by molar-refractivity contribution is 5.95. The number of carbonyl (C=O) groups excluding carboxylic acids is 1. The van der Waals surface area contributed by atoms with E-state index in [1.54, 1.807) is 16.5 Å². The number of amides is 1. The van der Waals surface area contributed by atoms with Gasteiger partial charge in [0.05, 0.1) is 19.3 Å². The van der Waals surface area contributed by atoms with Crippen LogP contribution in [-0.4, -0.2) is 78.9 Å². The van der Waals surface area contributed by atoms with Gasteiger partial charge in [-0.05, 0) is 31.9 Å². The fraction of sp³-hybridized carbons (Fsp3) is 0.684. The minimum Gasteiger partial charge on any atom is -0.379 e. The van der Waals surface area contributed by atoms with Crippen molar-refractivity contribution in [2.75, 3.05) is 52.5 Å². The molecule has 2 aliphatic heterocycles. The Kier molecular flexibility index (Phi) is 6.11. The summed E-state index contributed by atoms with van der Waals surface area (Å²) in [6.07, 6.45) is 0.755. The third-order valence-electron chi connectivity index (χ3n) is 5.28. The number of hydrogen-bond acceptors (Lipinski definition) is 5. The van der Waals surface area contributed by atoms with E-state index in [0.29, 0.717) is 19.7 Å². The summed E-state index contributed by atoms with van der Waals surface area (Å²) in [7, 11) is 1.71. The SMILES string of the molecule is Cc1cc(C)n(C)c(=O)c1C(=O)N1CCCO[C@@H](CN2CCOCC2)C1. The molecule has 144 valence electrons. The highest BCUT2D eigenvalue weighted by Gasteiger charge is 2.28. The highest BCUT2D eigenvalue weighted by Crippen LogP contribution is 2.14. The Bertz CT molecular complexity index is 709. The summed E-state index contributed by atoms with van der Waals surface area (Å²) in [5.41, 5.74) is 1.66. The van der Waals surface area contributed by atoms with Crippen LogP contribution < -0.4 is 5.56 Å². The van der Waals surface area contributed by atoms with Gasteiger partial charge in [-0.1, -0.05) is 0 Å². The van der Waals surface area contributed by atoms with Crippen molar-refractivity contribution in [3.63, 3.8) is 0 Å². The molecule has 0 radical (unpaired) electrons. The summed E-state index contributed by atoms with van der Waals surface area (Å²) in [4.78, 5) is 29.9. The van der Waals surface area contributed by atoms with E-state index in [1.807, 2.05) is 19.9 Å². The molecule has 0 spiro atoms. The zero-order valence-electron chi connectivity index (χ0n) is 16.0. The number of hydrogen-bond donors (Lipinski definition) is 0. The molecule has 7 heteroatoms. The molecular weight excluding hydrogens is 334 g/mol. The van der Waals surface area contributed by atoms with Crippen LogP contribution in [0.25, 0.3) is 0 Å². The Morgan fingerprint density at radius 2 is 1.92 bits per heavy atom. The number of aryl methyl sites for hydroxylation is 2.